The number of H-pyrrole nitrogens is 1. The van der Waals surface area contributed by atoms with Crippen molar-refractivity contribution >= 4 is 16.8 Å². The van der Waals surface area contributed by atoms with Gasteiger partial charge in [0.15, 0.2) is 0 Å². The molecule has 1 heterocycles. The monoisotopic (exact) mass is 274 g/mol. The van der Waals surface area contributed by atoms with E-state index in [1.807, 2.05) is 31.2 Å². The highest BCUT2D eigenvalue weighted by Crippen LogP contribution is 2.17. The second kappa shape index (κ2) is 6.09. The molecular weight excluding hydrogens is 252 g/mol. The van der Waals surface area contributed by atoms with Gasteiger partial charge >= 0.3 is 0 Å². The zero-order chi connectivity index (χ0) is 14.7. The number of amides is 1. The van der Waals surface area contributed by atoms with Crippen LogP contribution in [0.1, 0.15) is 36.3 Å². The van der Waals surface area contributed by atoms with Crippen LogP contribution in [0.3, 0.4) is 0 Å². The fourth-order valence-electron chi connectivity index (χ4n) is 2.37. The van der Waals surface area contributed by atoms with E-state index in [9.17, 15) is 9.90 Å². The van der Waals surface area contributed by atoms with Crippen LogP contribution in [0, 0.1) is 12.8 Å². The number of aryl methyl sites for hydroxylation is 1. The molecule has 0 aliphatic carbocycles. The summed E-state index contributed by atoms with van der Waals surface area (Å²) in [5.41, 5.74) is 2.65. The van der Waals surface area contributed by atoms with Crippen molar-refractivity contribution in [3.8, 4) is 0 Å². The maximum Gasteiger partial charge on any atom is 0.268 e. The van der Waals surface area contributed by atoms with Crippen molar-refractivity contribution in [3.05, 3.63) is 35.5 Å². The Labute approximate surface area is 119 Å². The van der Waals surface area contributed by atoms with E-state index in [1.165, 1.54) is 0 Å². The Balaban J connectivity index is 2.14. The van der Waals surface area contributed by atoms with Crippen LogP contribution in [0.15, 0.2) is 24.3 Å². The number of aromatic amines is 1. The molecule has 0 spiro atoms. The summed E-state index contributed by atoms with van der Waals surface area (Å²) in [6.07, 6.45) is 0.765. The summed E-state index contributed by atoms with van der Waals surface area (Å²) in [4.78, 5) is 15.3. The van der Waals surface area contributed by atoms with Gasteiger partial charge in [0, 0.05) is 10.9 Å². The third kappa shape index (κ3) is 3.39. The van der Waals surface area contributed by atoms with Gasteiger partial charge in [0.2, 0.25) is 0 Å². The van der Waals surface area contributed by atoms with Gasteiger partial charge in [-0.25, -0.2) is 0 Å². The van der Waals surface area contributed by atoms with E-state index in [-0.39, 0.29) is 18.6 Å². The molecule has 2 aromatic rings. The molecule has 0 fully saturated rings. The van der Waals surface area contributed by atoms with Gasteiger partial charge in [0.25, 0.3) is 5.91 Å². The number of nitrogens with one attached hydrogen (secondary N) is 2. The Kier molecular flexibility index (Phi) is 4.45. The molecule has 1 unspecified atom stereocenters. The SMILES string of the molecule is Cc1ccc2cc(C(=O)NC(CO)CC(C)C)[nH]c2c1. The van der Waals surface area contributed by atoms with Crippen LogP contribution in [-0.4, -0.2) is 28.6 Å². The molecule has 4 heteroatoms. The number of hydrogen-bond donors (Lipinski definition) is 3. The minimum absolute atomic E-state index is 0.0384. The first kappa shape index (κ1) is 14.6. The van der Waals surface area contributed by atoms with Gasteiger partial charge in [0.1, 0.15) is 5.69 Å². The Hall–Kier alpha value is -1.81. The lowest BCUT2D eigenvalue weighted by Crippen LogP contribution is -2.38. The van der Waals surface area contributed by atoms with Gasteiger partial charge in [-0.15, -0.1) is 0 Å². The largest absolute Gasteiger partial charge is 0.394 e. The number of rotatable bonds is 5. The molecule has 108 valence electrons. The highest BCUT2D eigenvalue weighted by atomic mass is 16.3. The quantitative estimate of drug-likeness (QED) is 0.784. The summed E-state index contributed by atoms with van der Waals surface area (Å²) in [6, 6.07) is 7.68. The fraction of sp³-hybridized carbons (Fsp3) is 0.438. The number of aliphatic hydroxyl groups is 1. The van der Waals surface area contributed by atoms with Crippen molar-refractivity contribution in [3.63, 3.8) is 0 Å². The van der Waals surface area contributed by atoms with Gasteiger partial charge in [-0.3, -0.25) is 4.79 Å². The number of carbonyl (C=O) groups is 1. The van der Waals surface area contributed by atoms with E-state index in [2.05, 4.69) is 24.1 Å². The lowest BCUT2D eigenvalue weighted by atomic mass is 10.0. The predicted molar refractivity (Wildman–Crippen MR) is 80.8 cm³/mol. The van der Waals surface area contributed by atoms with Crippen LogP contribution in [0.4, 0.5) is 0 Å². The van der Waals surface area contributed by atoms with E-state index >= 15 is 0 Å². The standard InChI is InChI=1S/C16H22N2O2/c1-10(2)6-13(9-19)17-16(20)15-8-12-5-4-11(3)7-14(12)18-15/h4-5,7-8,10,13,18-19H,6,9H2,1-3H3,(H,17,20). The van der Waals surface area contributed by atoms with E-state index in [0.29, 0.717) is 11.6 Å². The van der Waals surface area contributed by atoms with Crippen molar-refractivity contribution in [1.82, 2.24) is 10.3 Å². The second-order valence-electron chi connectivity index (χ2n) is 5.76. The molecule has 0 aliphatic rings. The van der Waals surface area contributed by atoms with Gasteiger partial charge in [-0.1, -0.05) is 26.0 Å². The minimum Gasteiger partial charge on any atom is -0.394 e. The molecule has 1 atom stereocenters. The van der Waals surface area contributed by atoms with Crippen molar-refractivity contribution < 1.29 is 9.90 Å². The van der Waals surface area contributed by atoms with E-state index in [1.54, 1.807) is 0 Å². The number of benzene rings is 1. The van der Waals surface area contributed by atoms with Crippen LogP contribution in [0.2, 0.25) is 0 Å². The van der Waals surface area contributed by atoms with E-state index in [0.717, 1.165) is 22.9 Å². The summed E-state index contributed by atoms with van der Waals surface area (Å²) in [5, 5.41) is 13.2. The number of carbonyl (C=O) groups excluding carboxylic acids is 1. The third-order valence-corrected chi connectivity index (χ3v) is 3.33. The molecule has 1 aromatic carbocycles. The van der Waals surface area contributed by atoms with Crippen LogP contribution in [0.5, 0.6) is 0 Å². The number of aliphatic hydroxyl groups excluding tert-OH is 1. The van der Waals surface area contributed by atoms with E-state index < -0.39 is 0 Å². The molecule has 0 saturated carbocycles. The molecule has 1 aromatic heterocycles. The average Bonchev–Trinajstić information content (AvgIpc) is 2.80. The smallest absolute Gasteiger partial charge is 0.268 e. The minimum atomic E-state index is -0.198. The summed E-state index contributed by atoms with van der Waals surface area (Å²) < 4.78 is 0. The normalized spacial score (nSPS) is 12.8. The summed E-state index contributed by atoms with van der Waals surface area (Å²) >= 11 is 0. The first-order chi connectivity index (χ1) is 9.49. The first-order valence-corrected chi connectivity index (χ1v) is 7.00. The van der Waals surface area contributed by atoms with Crippen molar-refractivity contribution in [2.75, 3.05) is 6.61 Å². The lowest BCUT2D eigenvalue weighted by molar-refractivity contribution is 0.0904. The molecule has 0 aliphatic heterocycles. The maximum atomic E-state index is 12.2. The Bertz CT molecular complexity index is 602. The topological polar surface area (TPSA) is 65.1 Å². The molecule has 3 N–H and O–H groups in total. The zero-order valence-electron chi connectivity index (χ0n) is 12.2. The fourth-order valence-corrected chi connectivity index (χ4v) is 2.37. The Morgan fingerprint density at radius 2 is 2.10 bits per heavy atom. The second-order valence-corrected chi connectivity index (χ2v) is 5.76. The van der Waals surface area contributed by atoms with Crippen molar-refractivity contribution in [1.29, 1.82) is 0 Å². The molecular formula is C16H22N2O2. The highest BCUT2D eigenvalue weighted by molar-refractivity contribution is 5.98. The number of hydrogen-bond acceptors (Lipinski definition) is 2. The van der Waals surface area contributed by atoms with Crippen LogP contribution in [-0.2, 0) is 0 Å². The van der Waals surface area contributed by atoms with Crippen LogP contribution >= 0.6 is 0 Å². The average molecular weight is 274 g/mol. The summed E-state index contributed by atoms with van der Waals surface area (Å²) in [7, 11) is 0. The Morgan fingerprint density at radius 3 is 2.75 bits per heavy atom. The maximum absolute atomic E-state index is 12.2. The Morgan fingerprint density at radius 1 is 1.35 bits per heavy atom. The highest BCUT2D eigenvalue weighted by Gasteiger charge is 2.16. The van der Waals surface area contributed by atoms with E-state index in [4.69, 9.17) is 0 Å². The number of fused-ring (bicyclic) bond motifs is 1. The molecule has 20 heavy (non-hydrogen) atoms. The molecule has 1 amide bonds. The van der Waals surface area contributed by atoms with Gasteiger partial charge in [-0.2, -0.15) is 0 Å². The van der Waals surface area contributed by atoms with Crippen LogP contribution in [0.25, 0.3) is 10.9 Å². The summed E-state index contributed by atoms with van der Waals surface area (Å²) in [6.45, 7) is 6.12. The van der Waals surface area contributed by atoms with Crippen LogP contribution < -0.4 is 5.32 Å². The molecule has 4 nitrogen and oxygen atoms in total. The summed E-state index contributed by atoms with van der Waals surface area (Å²) in [5.74, 6) is 0.261. The zero-order valence-corrected chi connectivity index (χ0v) is 12.2. The third-order valence-electron chi connectivity index (χ3n) is 3.33. The van der Waals surface area contributed by atoms with Gasteiger partial charge in [-0.05, 0) is 37.0 Å². The first-order valence-electron chi connectivity index (χ1n) is 7.00. The predicted octanol–water partition coefficient (Wildman–Crippen LogP) is 2.61. The van der Waals surface area contributed by atoms with Crippen molar-refractivity contribution in [2.45, 2.75) is 33.2 Å². The lowest BCUT2D eigenvalue weighted by Gasteiger charge is -2.17. The van der Waals surface area contributed by atoms with Gasteiger partial charge < -0.3 is 15.4 Å². The molecule has 0 radical (unpaired) electrons. The van der Waals surface area contributed by atoms with Gasteiger partial charge in [0.05, 0.1) is 12.6 Å². The molecule has 2 rings (SSSR count). The van der Waals surface area contributed by atoms with Crippen molar-refractivity contribution in [2.24, 2.45) is 5.92 Å². The number of aromatic nitrogens is 1. The molecule has 0 saturated heterocycles. The molecule has 0 bridgehead atoms.